The van der Waals surface area contributed by atoms with E-state index in [1.54, 1.807) is 29.7 Å². The number of hydrogen-bond donors (Lipinski definition) is 1. The molecule has 1 aromatic heterocycles. The maximum Gasteiger partial charge on any atom is 0.335 e. The van der Waals surface area contributed by atoms with Gasteiger partial charge in [0.2, 0.25) is 5.91 Å². The van der Waals surface area contributed by atoms with Gasteiger partial charge in [0, 0.05) is 37.5 Å². The van der Waals surface area contributed by atoms with Crippen LogP contribution >= 0.6 is 11.3 Å². The van der Waals surface area contributed by atoms with Crippen molar-refractivity contribution >= 4 is 23.2 Å². The maximum absolute atomic E-state index is 12.3. The van der Waals surface area contributed by atoms with Gasteiger partial charge >= 0.3 is 5.97 Å². The van der Waals surface area contributed by atoms with Gasteiger partial charge in [-0.05, 0) is 29.7 Å². The number of thiazole rings is 1. The lowest BCUT2D eigenvalue weighted by Crippen LogP contribution is -2.36. The highest BCUT2D eigenvalue weighted by Crippen LogP contribution is 2.21. The van der Waals surface area contributed by atoms with Gasteiger partial charge in [-0.1, -0.05) is 6.07 Å². The lowest BCUT2D eigenvalue weighted by Gasteiger charge is -2.29. The highest BCUT2D eigenvalue weighted by molar-refractivity contribution is 7.09. The van der Waals surface area contributed by atoms with Crippen LogP contribution in [-0.2, 0) is 24.2 Å². The van der Waals surface area contributed by atoms with Gasteiger partial charge < -0.3 is 10.0 Å². The van der Waals surface area contributed by atoms with Crippen LogP contribution < -0.4 is 0 Å². The Labute approximate surface area is 132 Å². The van der Waals surface area contributed by atoms with Crippen LogP contribution in [0.1, 0.15) is 32.9 Å². The molecule has 0 atom stereocenters. The zero-order valence-corrected chi connectivity index (χ0v) is 12.8. The van der Waals surface area contributed by atoms with E-state index >= 15 is 0 Å². The molecule has 6 heteroatoms. The van der Waals surface area contributed by atoms with Crippen molar-refractivity contribution in [3.05, 3.63) is 51.5 Å². The largest absolute Gasteiger partial charge is 0.478 e. The first-order chi connectivity index (χ1) is 10.6. The third kappa shape index (κ3) is 3.17. The first-order valence-electron chi connectivity index (χ1n) is 7.15. The number of carbonyl (C=O) groups excluding carboxylic acids is 1. The van der Waals surface area contributed by atoms with Gasteiger partial charge in [0.05, 0.1) is 10.6 Å². The lowest BCUT2D eigenvalue weighted by molar-refractivity contribution is -0.132. The van der Waals surface area contributed by atoms with E-state index in [4.69, 9.17) is 5.11 Å². The summed E-state index contributed by atoms with van der Waals surface area (Å²) < 4.78 is 0. The number of benzene rings is 1. The average molecular weight is 316 g/mol. The molecule has 0 saturated carbocycles. The fraction of sp³-hybridized carbons (Fsp3) is 0.312. The summed E-state index contributed by atoms with van der Waals surface area (Å²) in [7, 11) is 0. The Hall–Kier alpha value is -2.21. The molecule has 114 valence electrons. The van der Waals surface area contributed by atoms with Crippen molar-refractivity contribution in [2.24, 2.45) is 0 Å². The molecule has 22 heavy (non-hydrogen) atoms. The van der Waals surface area contributed by atoms with E-state index in [2.05, 4.69) is 4.98 Å². The van der Waals surface area contributed by atoms with Crippen molar-refractivity contribution in [3.8, 4) is 0 Å². The number of carboxylic acids is 1. The van der Waals surface area contributed by atoms with E-state index in [9.17, 15) is 9.59 Å². The zero-order valence-electron chi connectivity index (χ0n) is 12.0. The second-order valence-electron chi connectivity index (χ2n) is 5.28. The summed E-state index contributed by atoms with van der Waals surface area (Å²) in [6.45, 7) is 1.18. The molecule has 0 unspecified atom stereocenters. The summed E-state index contributed by atoms with van der Waals surface area (Å²) in [5.74, 6) is -0.836. The summed E-state index contributed by atoms with van der Waals surface area (Å²) >= 11 is 1.56. The summed E-state index contributed by atoms with van der Waals surface area (Å²) in [4.78, 5) is 29.3. The molecule has 1 aliphatic heterocycles. The molecule has 1 N–H and O–H groups in total. The molecule has 0 spiro atoms. The highest BCUT2D eigenvalue weighted by Gasteiger charge is 2.21. The standard InChI is InChI=1S/C16H16N2O3S/c19-15(4-3-14-17-6-8-22-14)18-7-5-11-1-2-12(16(20)21)9-13(11)10-18/h1-2,6,8-9H,3-5,7,10H2,(H,20,21). The number of nitrogens with zero attached hydrogens (tertiary/aromatic N) is 2. The normalized spacial score (nSPS) is 13.7. The molecule has 3 rings (SSSR count). The van der Waals surface area contributed by atoms with E-state index in [1.807, 2.05) is 16.3 Å². The molecule has 1 aliphatic rings. The van der Waals surface area contributed by atoms with Crippen molar-refractivity contribution < 1.29 is 14.7 Å². The topological polar surface area (TPSA) is 70.5 Å². The summed E-state index contributed by atoms with van der Waals surface area (Å²) in [6.07, 6.45) is 3.63. The molecule has 1 aromatic carbocycles. The van der Waals surface area contributed by atoms with Crippen molar-refractivity contribution in [1.82, 2.24) is 9.88 Å². The lowest BCUT2D eigenvalue weighted by atomic mass is 9.97. The molecule has 1 amide bonds. The van der Waals surface area contributed by atoms with Crippen LogP contribution in [0.5, 0.6) is 0 Å². The Kier molecular flexibility index (Phi) is 4.20. The van der Waals surface area contributed by atoms with Gasteiger partial charge in [0.15, 0.2) is 0 Å². The second-order valence-corrected chi connectivity index (χ2v) is 6.26. The maximum atomic E-state index is 12.3. The molecule has 0 aliphatic carbocycles. The van der Waals surface area contributed by atoms with Crippen LogP contribution in [0.3, 0.4) is 0 Å². The predicted molar refractivity (Wildman–Crippen MR) is 83.0 cm³/mol. The Morgan fingerprint density at radius 3 is 2.91 bits per heavy atom. The van der Waals surface area contributed by atoms with Gasteiger partial charge in [-0.2, -0.15) is 0 Å². The van der Waals surface area contributed by atoms with Crippen LogP contribution in [0.2, 0.25) is 0 Å². The van der Waals surface area contributed by atoms with E-state index < -0.39 is 5.97 Å². The van der Waals surface area contributed by atoms with Crippen molar-refractivity contribution in [3.63, 3.8) is 0 Å². The molecular formula is C16H16N2O3S. The van der Waals surface area contributed by atoms with E-state index in [0.29, 0.717) is 25.9 Å². The minimum atomic E-state index is -0.935. The Balaban J connectivity index is 1.66. The summed E-state index contributed by atoms with van der Waals surface area (Å²) in [6, 6.07) is 5.16. The molecule has 0 bridgehead atoms. The van der Waals surface area contributed by atoms with Crippen LogP contribution in [0.4, 0.5) is 0 Å². The number of aromatic nitrogens is 1. The zero-order chi connectivity index (χ0) is 15.5. The van der Waals surface area contributed by atoms with Crippen molar-refractivity contribution in [2.75, 3.05) is 6.54 Å². The third-order valence-corrected chi connectivity index (χ3v) is 4.69. The molecule has 5 nitrogen and oxygen atoms in total. The molecule has 2 heterocycles. The van der Waals surface area contributed by atoms with Crippen LogP contribution in [0.15, 0.2) is 29.8 Å². The van der Waals surface area contributed by atoms with E-state index in [0.717, 1.165) is 22.6 Å². The van der Waals surface area contributed by atoms with Crippen molar-refractivity contribution in [2.45, 2.75) is 25.8 Å². The average Bonchev–Trinajstić information content (AvgIpc) is 3.04. The van der Waals surface area contributed by atoms with E-state index in [1.165, 1.54) is 0 Å². The van der Waals surface area contributed by atoms with Crippen LogP contribution in [0.25, 0.3) is 0 Å². The van der Waals surface area contributed by atoms with Gasteiger partial charge in [-0.15, -0.1) is 11.3 Å². The van der Waals surface area contributed by atoms with Gasteiger partial charge in [-0.3, -0.25) is 4.79 Å². The number of hydrogen-bond acceptors (Lipinski definition) is 4. The number of carboxylic acid groups (broad SMARTS) is 1. The minimum absolute atomic E-state index is 0.0987. The highest BCUT2D eigenvalue weighted by atomic mass is 32.1. The van der Waals surface area contributed by atoms with E-state index in [-0.39, 0.29) is 11.5 Å². The summed E-state index contributed by atoms with van der Waals surface area (Å²) in [5.41, 5.74) is 2.35. The van der Waals surface area contributed by atoms with Crippen LogP contribution in [-0.4, -0.2) is 33.4 Å². The SMILES string of the molecule is O=C(O)c1ccc2c(c1)CN(C(=O)CCc1nccs1)CC2. The Morgan fingerprint density at radius 2 is 2.18 bits per heavy atom. The fourth-order valence-electron chi connectivity index (χ4n) is 2.65. The molecule has 2 aromatic rings. The number of aryl methyl sites for hydroxylation is 1. The smallest absolute Gasteiger partial charge is 0.335 e. The second kappa shape index (κ2) is 6.27. The molecule has 0 radical (unpaired) electrons. The number of aromatic carboxylic acids is 1. The van der Waals surface area contributed by atoms with Crippen molar-refractivity contribution in [1.29, 1.82) is 0 Å². The monoisotopic (exact) mass is 316 g/mol. The Morgan fingerprint density at radius 1 is 1.32 bits per heavy atom. The summed E-state index contributed by atoms with van der Waals surface area (Å²) in [5, 5.41) is 11.9. The quantitative estimate of drug-likeness (QED) is 0.940. The number of rotatable bonds is 4. The Bertz CT molecular complexity index is 697. The van der Waals surface area contributed by atoms with Gasteiger partial charge in [0.1, 0.15) is 0 Å². The predicted octanol–water partition coefficient (Wildman–Crippen LogP) is 2.36. The molecule has 0 fully saturated rings. The number of carbonyl (C=O) groups is 2. The molecule has 0 saturated heterocycles. The number of amides is 1. The first-order valence-corrected chi connectivity index (χ1v) is 8.02. The molecular weight excluding hydrogens is 300 g/mol. The van der Waals surface area contributed by atoms with Gasteiger partial charge in [-0.25, -0.2) is 9.78 Å². The van der Waals surface area contributed by atoms with Crippen LogP contribution in [0, 0.1) is 0 Å². The third-order valence-electron chi connectivity index (χ3n) is 3.85. The fourth-order valence-corrected chi connectivity index (χ4v) is 3.27. The first kappa shape index (κ1) is 14.7. The number of fused-ring (bicyclic) bond motifs is 1. The minimum Gasteiger partial charge on any atom is -0.478 e. The van der Waals surface area contributed by atoms with Gasteiger partial charge in [0.25, 0.3) is 0 Å².